The first kappa shape index (κ1) is 8.25. The smallest absolute Gasteiger partial charge is 0.131 e. The lowest BCUT2D eigenvalue weighted by Crippen LogP contribution is -2.02. The van der Waals surface area contributed by atoms with E-state index in [1.165, 1.54) is 0 Å². The molecule has 1 atom stereocenters. The molecule has 0 rings (SSSR count). The van der Waals surface area contributed by atoms with E-state index in [0.29, 0.717) is 6.61 Å². The molecule has 0 radical (unpaired) electrons. The minimum atomic E-state index is -0.0648. The summed E-state index contributed by atoms with van der Waals surface area (Å²) in [4.78, 5) is 0. The van der Waals surface area contributed by atoms with Crippen molar-refractivity contribution in [2.45, 2.75) is 32.3 Å². The highest BCUT2D eigenvalue weighted by molar-refractivity contribution is 6.19. The Bertz CT molecular complexity index is 41.8. The Labute approximate surface area is 56.0 Å². The van der Waals surface area contributed by atoms with E-state index in [1.807, 2.05) is 6.92 Å². The fourth-order valence-electron chi connectivity index (χ4n) is 0.491. The predicted octanol–water partition coefficient (Wildman–Crippen LogP) is 2.39. The zero-order chi connectivity index (χ0) is 6.41. The summed E-state index contributed by atoms with van der Waals surface area (Å²) >= 11 is 5.66. The van der Waals surface area contributed by atoms with Crippen LogP contribution in [0.1, 0.15) is 26.7 Å². The summed E-state index contributed by atoms with van der Waals surface area (Å²) in [6.07, 6.45) is 2.05. The molecule has 0 aliphatic heterocycles. The fraction of sp³-hybridized carbons (Fsp3) is 1.00. The van der Waals surface area contributed by atoms with Crippen molar-refractivity contribution in [2.24, 2.45) is 0 Å². The summed E-state index contributed by atoms with van der Waals surface area (Å²) < 4.78 is 5.05. The SMILES string of the molecule is CCCC(Cl)OCC. The molecule has 0 heterocycles. The first-order chi connectivity index (χ1) is 3.81. The van der Waals surface area contributed by atoms with Crippen molar-refractivity contribution < 1.29 is 4.74 Å². The first-order valence-corrected chi connectivity index (χ1v) is 3.50. The summed E-state index contributed by atoms with van der Waals surface area (Å²) in [6, 6.07) is 0. The lowest BCUT2D eigenvalue weighted by molar-refractivity contribution is 0.113. The maximum atomic E-state index is 5.66. The molecule has 1 nitrogen and oxygen atoms in total. The van der Waals surface area contributed by atoms with Crippen molar-refractivity contribution in [1.29, 1.82) is 0 Å². The molecule has 0 aliphatic rings. The average Bonchev–Trinajstić information content (AvgIpc) is 1.68. The van der Waals surface area contributed by atoms with E-state index in [0.717, 1.165) is 12.8 Å². The van der Waals surface area contributed by atoms with Crippen molar-refractivity contribution in [3.8, 4) is 0 Å². The summed E-state index contributed by atoms with van der Waals surface area (Å²) in [7, 11) is 0. The van der Waals surface area contributed by atoms with Gasteiger partial charge in [-0.25, -0.2) is 0 Å². The van der Waals surface area contributed by atoms with Gasteiger partial charge in [-0.1, -0.05) is 24.9 Å². The van der Waals surface area contributed by atoms with Crippen LogP contribution >= 0.6 is 11.6 Å². The third-order valence-electron chi connectivity index (χ3n) is 0.863. The second-order valence-corrected chi connectivity index (χ2v) is 2.14. The molecule has 0 aliphatic carbocycles. The van der Waals surface area contributed by atoms with Gasteiger partial charge in [-0.2, -0.15) is 0 Å². The van der Waals surface area contributed by atoms with Gasteiger partial charge in [0, 0.05) is 6.61 Å². The molecule has 0 saturated heterocycles. The van der Waals surface area contributed by atoms with Crippen LogP contribution in [0.4, 0.5) is 0 Å². The molecule has 0 aromatic heterocycles. The van der Waals surface area contributed by atoms with Crippen LogP contribution in [0.2, 0.25) is 0 Å². The molecule has 0 aromatic carbocycles. The largest absolute Gasteiger partial charge is 0.363 e. The van der Waals surface area contributed by atoms with Crippen molar-refractivity contribution in [3.05, 3.63) is 0 Å². The third-order valence-corrected chi connectivity index (χ3v) is 1.21. The summed E-state index contributed by atoms with van der Waals surface area (Å²) in [6.45, 7) is 4.76. The molecule has 0 fully saturated rings. The number of ether oxygens (including phenoxy) is 1. The lowest BCUT2D eigenvalue weighted by atomic mass is 10.4. The van der Waals surface area contributed by atoms with E-state index in [4.69, 9.17) is 16.3 Å². The van der Waals surface area contributed by atoms with Crippen molar-refractivity contribution in [2.75, 3.05) is 6.61 Å². The Balaban J connectivity index is 2.92. The monoisotopic (exact) mass is 136 g/mol. The predicted molar refractivity (Wildman–Crippen MR) is 36.2 cm³/mol. The Hall–Kier alpha value is 0.250. The highest BCUT2D eigenvalue weighted by atomic mass is 35.5. The van der Waals surface area contributed by atoms with Crippen LogP contribution in [0.3, 0.4) is 0 Å². The van der Waals surface area contributed by atoms with E-state index >= 15 is 0 Å². The Morgan fingerprint density at radius 1 is 1.50 bits per heavy atom. The molecular formula is C6H13ClO. The fourth-order valence-corrected chi connectivity index (χ4v) is 0.835. The number of halogens is 1. The molecule has 1 unspecified atom stereocenters. The quantitative estimate of drug-likeness (QED) is 0.540. The number of rotatable bonds is 4. The van der Waals surface area contributed by atoms with Gasteiger partial charge in [0.2, 0.25) is 0 Å². The zero-order valence-electron chi connectivity index (χ0n) is 5.48. The third kappa shape index (κ3) is 4.41. The topological polar surface area (TPSA) is 9.23 Å². The van der Waals surface area contributed by atoms with Crippen molar-refractivity contribution in [3.63, 3.8) is 0 Å². The van der Waals surface area contributed by atoms with Gasteiger partial charge in [0.15, 0.2) is 0 Å². The van der Waals surface area contributed by atoms with E-state index < -0.39 is 0 Å². The summed E-state index contributed by atoms with van der Waals surface area (Å²) in [5.74, 6) is 0. The molecule has 2 heteroatoms. The second-order valence-electron chi connectivity index (χ2n) is 1.65. The molecule has 0 N–H and O–H groups in total. The molecule has 0 spiro atoms. The average molecular weight is 137 g/mol. The maximum Gasteiger partial charge on any atom is 0.131 e. The van der Waals surface area contributed by atoms with E-state index in [2.05, 4.69) is 6.92 Å². The van der Waals surface area contributed by atoms with Gasteiger partial charge in [0.1, 0.15) is 5.56 Å². The van der Waals surface area contributed by atoms with Gasteiger partial charge in [-0.15, -0.1) is 0 Å². The van der Waals surface area contributed by atoms with Gasteiger partial charge in [-0.3, -0.25) is 0 Å². The number of hydrogen-bond acceptors (Lipinski definition) is 1. The highest BCUT2D eigenvalue weighted by Crippen LogP contribution is 2.05. The Morgan fingerprint density at radius 3 is 2.50 bits per heavy atom. The van der Waals surface area contributed by atoms with Gasteiger partial charge in [-0.05, 0) is 13.3 Å². The maximum absolute atomic E-state index is 5.66. The van der Waals surface area contributed by atoms with E-state index in [9.17, 15) is 0 Å². The van der Waals surface area contributed by atoms with Crippen LogP contribution in [0.25, 0.3) is 0 Å². The van der Waals surface area contributed by atoms with Crippen LogP contribution in [0, 0.1) is 0 Å². The minimum absolute atomic E-state index is 0.0648. The van der Waals surface area contributed by atoms with Crippen molar-refractivity contribution in [1.82, 2.24) is 0 Å². The van der Waals surface area contributed by atoms with Crippen LogP contribution in [0.5, 0.6) is 0 Å². The number of alkyl halides is 1. The summed E-state index contributed by atoms with van der Waals surface area (Å²) in [5, 5.41) is 0. The van der Waals surface area contributed by atoms with Gasteiger partial charge in [0.05, 0.1) is 0 Å². The molecule has 0 bridgehead atoms. The minimum Gasteiger partial charge on any atom is -0.363 e. The Morgan fingerprint density at radius 2 is 2.12 bits per heavy atom. The molecular weight excluding hydrogens is 124 g/mol. The molecule has 8 heavy (non-hydrogen) atoms. The van der Waals surface area contributed by atoms with Crippen LogP contribution in [-0.4, -0.2) is 12.2 Å². The second kappa shape index (κ2) is 5.39. The molecule has 0 aromatic rings. The van der Waals surface area contributed by atoms with Crippen LogP contribution in [0.15, 0.2) is 0 Å². The first-order valence-electron chi connectivity index (χ1n) is 3.07. The van der Waals surface area contributed by atoms with Crippen LogP contribution in [-0.2, 0) is 4.74 Å². The van der Waals surface area contributed by atoms with E-state index in [1.54, 1.807) is 0 Å². The molecule has 0 amide bonds. The number of hydrogen-bond donors (Lipinski definition) is 0. The van der Waals surface area contributed by atoms with E-state index in [-0.39, 0.29) is 5.56 Å². The van der Waals surface area contributed by atoms with Gasteiger partial charge >= 0.3 is 0 Å². The Kier molecular flexibility index (Phi) is 5.56. The summed E-state index contributed by atoms with van der Waals surface area (Å²) in [5.41, 5.74) is -0.0648. The van der Waals surface area contributed by atoms with Crippen molar-refractivity contribution >= 4 is 11.6 Å². The normalized spacial score (nSPS) is 13.9. The lowest BCUT2D eigenvalue weighted by Gasteiger charge is -2.05. The standard InChI is InChI=1S/C6H13ClO/c1-3-5-6(7)8-4-2/h6H,3-5H2,1-2H3. The molecule has 50 valence electrons. The zero-order valence-corrected chi connectivity index (χ0v) is 6.24. The molecule has 0 saturated carbocycles. The van der Waals surface area contributed by atoms with Gasteiger partial charge < -0.3 is 4.74 Å². The van der Waals surface area contributed by atoms with Gasteiger partial charge in [0.25, 0.3) is 0 Å². The van der Waals surface area contributed by atoms with Crippen LogP contribution < -0.4 is 0 Å². The highest BCUT2D eigenvalue weighted by Gasteiger charge is 1.98.